The molecule has 1 saturated carbocycles. The van der Waals surface area contributed by atoms with Gasteiger partial charge in [0.2, 0.25) is 5.78 Å². The highest BCUT2D eigenvalue weighted by atomic mass is 19.1. The van der Waals surface area contributed by atoms with Crippen molar-refractivity contribution in [2.24, 2.45) is 0 Å². The minimum Gasteiger partial charge on any atom is -0.490 e. The molecule has 1 heterocycles. The van der Waals surface area contributed by atoms with Crippen LogP contribution in [-0.4, -0.2) is 53.5 Å². The first-order chi connectivity index (χ1) is 17.5. The quantitative estimate of drug-likeness (QED) is 0.331. The average Bonchev–Trinajstić information content (AvgIpc) is 3.69. The van der Waals surface area contributed by atoms with Gasteiger partial charge in [-0.3, -0.25) is 9.59 Å². The molecule has 0 radical (unpaired) electrons. The first-order valence-electron chi connectivity index (χ1n) is 12.3. The summed E-state index contributed by atoms with van der Waals surface area (Å²) >= 11 is 0. The molecule has 2 aliphatic rings. The van der Waals surface area contributed by atoms with E-state index in [1.165, 1.54) is 12.1 Å². The lowest BCUT2D eigenvalue weighted by molar-refractivity contribution is -0.118. The Morgan fingerprint density at radius 3 is 2.11 bits per heavy atom. The van der Waals surface area contributed by atoms with Crippen LogP contribution < -0.4 is 10.1 Å². The van der Waals surface area contributed by atoms with E-state index in [4.69, 9.17) is 4.74 Å². The number of carbonyl (C=O) groups excluding carboxylic acids is 2. The Balaban J connectivity index is 1.26. The second-order valence-electron chi connectivity index (χ2n) is 9.48. The summed E-state index contributed by atoms with van der Waals surface area (Å²) in [7, 11) is 0. The summed E-state index contributed by atoms with van der Waals surface area (Å²) in [6.45, 7) is 2.24. The Bertz CT molecular complexity index is 1200. The molecule has 0 bridgehead atoms. The minimum absolute atomic E-state index is 0.247. The number of hydrogen-bond acceptors (Lipinski definition) is 5. The summed E-state index contributed by atoms with van der Waals surface area (Å²) in [5.74, 6) is -0.992. The predicted octanol–water partition coefficient (Wildman–Crippen LogP) is 4.14. The molecule has 2 atom stereocenters. The number of rotatable bonds is 10. The molecule has 2 fully saturated rings. The Morgan fingerprint density at radius 2 is 1.56 bits per heavy atom. The van der Waals surface area contributed by atoms with E-state index in [1.54, 1.807) is 48.5 Å². The number of likely N-dealkylation sites (tertiary alicyclic amines) is 1. The number of halogens is 1. The molecule has 1 saturated heterocycles. The van der Waals surface area contributed by atoms with Gasteiger partial charge in [0.1, 0.15) is 17.7 Å². The van der Waals surface area contributed by atoms with Crippen molar-refractivity contribution < 1.29 is 23.8 Å². The number of carbonyl (C=O) groups is 2. The van der Waals surface area contributed by atoms with Gasteiger partial charge in [-0.05, 0) is 73.3 Å². The molecule has 5 rings (SSSR count). The number of benzene rings is 3. The zero-order valence-corrected chi connectivity index (χ0v) is 19.9. The van der Waals surface area contributed by atoms with Crippen LogP contribution in [0.5, 0.6) is 5.75 Å². The summed E-state index contributed by atoms with van der Waals surface area (Å²) < 4.78 is 19.0. The number of nitrogens with zero attached hydrogens (tertiary/aromatic N) is 1. The van der Waals surface area contributed by atoms with Crippen molar-refractivity contribution in [2.45, 2.75) is 37.5 Å². The van der Waals surface area contributed by atoms with Gasteiger partial charge in [-0.25, -0.2) is 4.39 Å². The zero-order chi connectivity index (χ0) is 25.1. The summed E-state index contributed by atoms with van der Waals surface area (Å²) in [4.78, 5) is 27.9. The highest BCUT2D eigenvalue weighted by Gasteiger charge is 2.30. The van der Waals surface area contributed by atoms with E-state index >= 15 is 0 Å². The van der Waals surface area contributed by atoms with Crippen LogP contribution >= 0.6 is 0 Å². The van der Waals surface area contributed by atoms with Crippen molar-refractivity contribution in [1.82, 2.24) is 10.2 Å². The number of nitrogens with one attached hydrogen (secondary N) is 1. The van der Waals surface area contributed by atoms with E-state index in [9.17, 15) is 19.1 Å². The first-order valence-corrected chi connectivity index (χ1v) is 12.3. The topological polar surface area (TPSA) is 78.9 Å². The van der Waals surface area contributed by atoms with Gasteiger partial charge in [-0.2, -0.15) is 0 Å². The Labute approximate surface area is 209 Å². The molecule has 0 aromatic heterocycles. The fourth-order valence-electron chi connectivity index (χ4n) is 4.24. The number of Topliss-reactive ketones (excluding diaryl/α,β-unsaturated/α-hetero) is 1. The third kappa shape index (κ3) is 5.80. The van der Waals surface area contributed by atoms with Crippen LogP contribution in [0.1, 0.15) is 41.3 Å². The van der Waals surface area contributed by atoms with Crippen LogP contribution in [0, 0.1) is 5.82 Å². The van der Waals surface area contributed by atoms with E-state index < -0.39 is 23.8 Å². The maximum absolute atomic E-state index is 13.2. The van der Waals surface area contributed by atoms with Crippen LogP contribution in [0.25, 0.3) is 11.1 Å². The fraction of sp³-hybridized carbons (Fsp3) is 0.310. The third-order valence-corrected chi connectivity index (χ3v) is 6.68. The molecule has 0 spiro atoms. The maximum atomic E-state index is 13.2. The number of aliphatic hydroxyl groups excluding tert-OH is 1. The van der Waals surface area contributed by atoms with E-state index in [0.29, 0.717) is 12.1 Å². The number of aliphatic hydroxyl groups is 1. The molecule has 6 nitrogen and oxygen atoms in total. The molecule has 0 unspecified atom stereocenters. The largest absolute Gasteiger partial charge is 0.490 e. The molecule has 1 amide bonds. The van der Waals surface area contributed by atoms with Crippen molar-refractivity contribution >= 4 is 11.7 Å². The van der Waals surface area contributed by atoms with Gasteiger partial charge in [0.05, 0.1) is 12.1 Å². The average molecular weight is 489 g/mol. The van der Waals surface area contributed by atoms with Crippen LogP contribution in [0.4, 0.5) is 4.39 Å². The lowest BCUT2D eigenvalue weighted by Crippen LogP contribution is -2.52. The maximum Gasteiger partial charge on any atom is 0.292 e. The monoisotopic (exact) mass is 488 g/mol. The molecule has 3 aromatic carbocycles. The van der Waals surface area contributed by atoms with Crippen molar-refractivity contribution in [2.75, 3.05) is 19.6 Å². The van der Waals surface area contributed by atoms with Crippen LogP contribution in [0.3, 0.4) is 0 Å². The Hall–Kier alpha value is -3.55. The summed E-state index contributed by atoms with van der Waals surface area (Å²) in [6.07, 6.45) is 2.52. The van der Waals surface area contributed by atoms with Gasteiger partial charge < -0.3 is 20.1 Å². The van der Waals surface area contributed by atoms with Crippen molar-refractivity contribution in [3.05, 3.63) is 89.7 Å². The molecule has 7 heteroatoms. The number of amides is 1. The lowest BCUT2D eigenvalue weighted by atomic mass is 9.99. The van der Waals surface area contributed by atoms with Crippen molar-refractivity contribution in [3.8, 4) is 16.9 Å². The van der Waals surface area contributed by atoms with Gasteiger partial charge in [-0.1, -0.05) is 48.5 Å². The summed E-state index contributed by atoms with van der Waals surface area (Å²) in [5.41, 5.74) is 2.52. The zero-order valence-electron chi connectivity index (χ0n) is 19.9. The smallest absolute Gasteiger partial charge is 0.292 e. The van der Waals surface area contributed by atoms with Crippen LogP contribution in [0.2, 0.25) is 0 Å². The van der Waals surface area contributed by atoms with Crippen LogP contribution in [0.15, 0.2) is 72.8 Å². The van der Waals surface area contributed by atoms with Gasteiger partial charge >= 0.3 is 0 Å². The van der Waals surface area contributed by atoms with Gasteiger partial charge in [0.25, 0.3) is 5.91 Å². The van der Waals surface area contributed by atoms with Crippen LogP contribution in [-0.2, 0) is 4.79 Å². The van der Waals surface area contributed by atoms with Gasteiger partial charge in [0, 0.05) is 12.1 Å². The molecule has 186 valence electrons. The number of ketones is 1. The van der Waals surface area contributed by atoms with Crippen molar-refractivity contribution in [1.29, 1.82) is 0 Å². The van der Waals surface area contributed by atoms with E-state index in [0.717, 1.165) is 49.2 Å². The Morgan fingerprint density at radius 1 is 0.944 bits per heavy atom. The normalized spacial score (nSPS) is 17.1. The highest BCUT2D eigenvalue weighted by molar-refractivity contribution is 6.42. The van der Waals surface area contributed by atoms with Crippen molar-refractivity contribution in [3.63, 3.8) is 0 Å². The standard InChI is InChI=1S/C29H29FN2O4/c30-23-10-6-20(7-11-23)19-2-4-22(5-3-19)28(34)29(35)31-26(18-32-16-1-17-32)27(33)21-8-12-24(13-9-21)36-25-14-15-25/h2-13,25-27,33H,1,14-18H2,(H,31,35)/t26-,27-/m1/s1. The third-order valence-electron chi connectivity index (χ3n) is 6.68. The number of ether oxygens (including phenoxy) is 1. The molecule has 36 heavy (non-hydrogen) atoms. The molecule has 3 aromatic rings. The van der Waals surface area contributed by atoms with Gasteiger partial charge in [0.15, 0.2) is 0 Å². The Kier molecular flexibility index (Phi) is 7.11. The molecule has 2 N–H and O–H groups in total. The predicted molar refractivity (Wildman–Crippen MR) is 134 cm³/mol. The minimum atomic E-state index is -0.974. The second kappa shape index (κ2) is 10.6. The van der Waals surface area contributed by atoms with E-state index in [1.807, 2.05) is 12.1 Å². The molecule has 1 aliphatic carbocycles. The molecular weight excluding hydrogens is 459 g/mol. The highest BCUT2D eigenvalue weighted by Crippen LogP contribution is 2.28. The number of hydrogen-bond donors (Lipinski definition) is 2. The fourth-order valence-corrected chi connectivity index (χ4v) is 4.24. The van der Waals surface area contributed by atoms with Gasteiger partial charge in [-0.15, -0.1) is 0 Å². The first kappa shape index (κ1) is 24.2. The second-order valence-corrected chi connectivity index (χ2v) is 9.48. The molecule has 1 aliphatic heterocycles. The summed E-state index contributed by atoms with van der Waals surface area (Å²) in [5, 5.41) is 13.9. The van der Waals surface area contributed by atoms with E-state index in [-0.39, 0.29) is 17.5 Å². The summed E-state index contributed by atoms with van der Waals surface area (Å²) in [6, 6.07) is 19.3. The lowest BCUT2D eigenvalue weighted by Gasteiger charge is -2.36. The van der Waals surface area contributed by atoms with E-state index in [2.05, 4.69) is 10.2 Å². The molecular formula is C29H29FN2O4. The SMILES string of the molecule is O=C(N[C@H](CN1CCC1)[C@H](O)c1ccc(OC2CC2)cc1)C(=O)c1ccc(-c2ccc(F)cc2)cc1.